The fraction of sp³-hybridized carbons (Fsp3) is 0.520. The van der Waals surface area contributed by atoms with Crippen molar-refractivity contribution in [3.05, 3.63) is 48.3 Å². The zero-order valence-electron chi connectivity index (χ0n) is 18.9. The highest BCUT2D eigenvalue weighted by molar-refractivity contribution is 5.94. The number of carbonyl (C=O) groups excluding carboxylic acids is 2. The third-order valence-corrected chi connectivity index (χ3v) is 7.14. The molecule has 0 unspecified atom stereocenters. The predicted octanol–water partition coefficient (Wildman–Crippen LogP) is 4.10. The molecule has 0 bridgehead atoms. The minimum absolute atomic E-state index is 0.0807. The molecule has 0 radical (unpaired) electrons. The molecule has 1 N–H and O–H groups in total. The van der Waals surface area contributed by atoms with Gasteiger partial charge < -0.3 is 15.0 Å². The van der Waals surface area contributed by atoms with E-state index in [2.05, 4.69) is 15.3 Å². The number of anilines is 2. The van der Waals surface area contributed by atoms with Gasteiger partial charge in [-0.25, -0.2) is 14.8 Å². The summed E-state index contributed by atoms with van der Waals surface area (Å²) in [4.78, 5) is 37.4. The molecule has 0 atom stereocenters. The molecule has 1 spiro atoms. The summed E-state index contributed by atoms with van der Waals surface area (Å²) in [5, 5.41) is 3.42. The number of hydrogen-bond acceptors (Lipinski definition) is 6. The van der Waals surface area contributed by atoms with Crippen LogP contribution in [-0.4, -0.2) is 58.6 Å². The fourth-order valence-corrected chi connectivity index (χ4v) is 5.13. The molecule has 0 aromatic carbocycles. The molecule has 2 amide bonds. The van der Waals surface area contributed by atoms with Crippen molar-refractivity contribution in [1.29, 1.82) is 0 Å². The Morgan fingerprint density at radius 2 is 1.91 bits per heavy atom. The largest absolute Gasteiger partial charge is 0.441 e. The van der Waals surface area contributed by atoms with Gasteiger partial charge in [0.05, 0.1) is 12.1 Å². The average Bonchev–Trinajstić information content (AvgIpc) is 3.20. The summed E-state index contributed by atoms with van der Waals surface area (Å²) in [6.45, 7) is 3.07. The van der Waals surface area contributed by atoms with Gasteiger partial charge in [-0.15, -0.1) is 0 Å². The van der Waals surface area contributed by atoms with Crippen LogP contribution in [0.1, 0.15) is 55.3 Å². The van der Waals surface area contributed by atoms with Gasteiger partial charge in [-0.2, -0.15) is 0 Å². The van der Waals surface area contributed by atoms with E-state index in [1.807, 2.05) is 35.2 Å². The van der Waals surface area contributed by atoms with Crippen LogP contribution in [0.4, 0.5) is 16.4 Å². The van der Waals surface area contributed by atoms with E-state index in [4.69, 9.17) is 4.74 Å². The first-order valence-corrected chi connectivity index (χ1v) is 12.0. The lowest BCUT2D eigenvalue weighted by atomic mass is 9.78. The van der Waals surface area contributed by atoms with E-state index in [0.717, 1.165) is 64.0 Å². The topological polar surface area (TPSA) is 87.7 Å². The van der Waals surface area contributed by atoms with Crippen molar-refractivity contribution in [2.24, 2.45) is 5.92 Å². The summed E-state index contributed by atoms with van der Waals surface area (Å²) >= 11 is 0. The maximum Gasteiger partial charge on any atom is 0.416 e. The number of carbonyl (C=O) groups is 2. The third-order valence-electron chi connectivity index (χ3n) is 7.14. The lowest BCUT2D eigenvalue weighted by Crippen LogP contribution is -2.39. The molecule has 33 heavy (non-hydrogen) atoms. The summed E-state index contributed by atoms with van der Waals surface area (Å²) in [6, 6.07) is 9.33. The summed E-state index contributed by atoms with van der Waals surface area (Å²) in [6.07, 6.45) is 10.1. The normalized spacial score (nSPS) is 25.2. The highest BCUT2D eigenvalue weighted by Gasteiger charge is 2.47. The van der Waals surface area contributed by atoms with Crippen molar-refractivity contribution in [1.82, 2.24) is 14.9 Å². The van der Waals surface area contributed by atoms with E-state index in [1.165, 1.54) is 6.42 Å². The first-order chi connectivity index (χ1) is 16.1. The standard InChI is InChI=1S/C25H31N5O3/c31-23(29-14-4-1-5-15-29)20-7-8-21(28-17-20)27-16-19-9-11-25(12-10-19)18-30(24(32)33-25)22-6-2-3-13-26-22/h2-3,6-8,13,17,19H,1,4-5,9-12,14-16,18H2,(H,27,28)/t19-,25-. The predicted molar refractivity (Wildman–Crippen MR) is 125 cm³/mol. The van der Waals surface area contributed by atoms with Crippen LogP contribution < -0.4 is 10.2 Å². The number of rotatable bonds is 5. The number of nitrogens with one attached hydrogen (secondary N) is 1. The molecule has 8 nitrogen and oxygen atoms in total. The van der Waals surface area contributed by atoms with Crippen molar-refractivity contribution >= 4 is 23.6 Å². The molecule has 4 heterocycles. The van der Waals surface area contributed by atoms with Crippen LogP contribution in [0.25, 0.3) is 0 Å². The minimum Gasteiger partial charge on any atom is -0.441 e. The van der Waals surface area contributed by atoms with E-state index in [9.17, 15) is 9.59 Å². The minimum atomic E-state index is -0.403. The van der Waals surface area contributed by atoms with Crippen LogP contribution in [0.3, 0.4) is 0 Å². The van der Waals surface area contributed by atoms with Crippen molar-refractivity contribution in [3.63, 3.8) is 0 Å². The highest BCUT2D eigenvalue weighted by atomic mass is 16.6. The molecular formula is C25H31N5O3. The molecular weight excluding hydrogens is 418 g/mol. The van der Waals surface area contributed by atoms with Crippen LogP contribution in [0.2, 0.25) is 0 Å². The number of aromatic nitrogens is 2. The van der Waals surface area contributed by atoms with E-state index in [-0.39, 0.29) is 12.0 Å². The first kappa shape index (κ1) is 21.7. The molecule has 2 aromatic rings. The fourth-order valence-electron chi connectivity index (χ4n) is 5.13. The molecule has 8 heteroatoms. The second-order valence-electron chi connectivity index (χ2n) is 9.43. The molecule has 3 aliphatic rings. The molecule has 1 aliphatic carbocycles. The summed E-state index contributed by atoms with van der Waals surface area (Å²) in [5.74, 6) is 2.02. The Morgan fingerprint density at radius 3 is 2.61 bits per heavy atom. The van der Waals surface area contributed by atoms with Gasteiger partial charge in [-0.3, -0.25) is 9.69 Å². The van der Waals surface area contributed by atoms with Gasteiger partial charge in [0, 0.05) is 32.0 Å². The van der Waals surface area contributed by atoms with Gasteiger partial charge >= 0.3 is 6.09 Å². The number of nitrogens with zero attached hydrogens (tertiary/aromatic N) is 4. The smallest absolute Gasteiger partial charge is 0.416 e. The Bertz CT molecular complexity index is 967. The maximum absolute atomic E-state index is 12.6. The molecule has 1 saturated carbocycles. The zero-order valence-corrected chi connectivity index (χ0v) is 18.9. The summed E-state index contributed by atoms with van der Waals surface area (Å²) in [5.41, 5.74) is 0.252. The SMILES string of the molecule is O=C(c1ccc(NC[C@H]2CC[C@]3(CC2)CN(c2ccccn2)C(=O)O3)nc1)N1CCCCC1. The summed E-state index contributed by atoms with van der Waals surface area (Å²) < 4.78 is 5.83. The van der Waals surface area contributed by atoms with Gasteiger partial charge in [-0.1, -0.05) is 6.07 Å². The molecule has 2 saturated heterocycles. The number of hydrogen-bond donors (Lipinski definition) is 1. The van der Waals surface area contributed by atoms with E-state index < -0.39 is 5.60 Å². The van der Waals surface area contributed by atoms with Gasteiger partial charge in [0.2, 0.25) is 0 Å². The Kier molecular flexibility index (Phi) is 6.15. The third kappa shape index (κ3) is 4.79. The summed E-state index contributed by atoms with van der Waals surface area (Å²) in [7, 11) is 0. The molecule has 174 valence electrons. The monoisotopic (exact) mass is 449 g/mol. The van der Waals surface area contributed by atoms with E-state index in [0.29, 0.717) is 23.8 Å². The van der Waals surface area contributed by atoms with Crippen molar-refractivity contribution in [2.45, 2.75) is 50.5 Å². The number of pyridine rings is 2. The molecule has 2 aromatic heterocycles. The van der Waals surface area contributed by atoms with Gasteiger partial charge in [0.15, 0.2) is 0 Å². The van der Waals surface area contributed by atoms with E-state index >= 15 is 0 Å². The van der Waals surface area contributed by atoms with Gasteiger partial charge in [0.25, 0.3) is 5.91 Å². The van der Waals surface area contributed by atoms with Crippen LogP contribution >= 0.6 is 0 Å². The lowest BCUT2D eigenvalue weighted by molar-refractivity contribution is 0.0148. The van der Waals surface area contributed by atoms with Crippen molar-refractivity contribution < 1.29 is 14.3 Å². The zero-order chi connectivity index (χ0) is 22.7. The van der Waals surface area contributed by atoms with Crippen molar-refractivity contribution in [3.8, 4) is 0 Å². The van der Waals surface area contributed by atoms with Crippen LogP contribution in [0.15, 0.2) is 42.7 Å². The van der Waals surface area contributed by atoms with Gasteiger partial charge in [-0.05, 0) is 75.1 Å². The number of amides is 2. The van der Waals surface area contributed by atoms with Crippen LogP contribution in [0, 0.1) is 5.92 Å². The number of piperidine rings is 1. The van der Waals surface area contributed by atoms with Crippen molar-refractivity contribution in [2.75, 3.05) is 36.4 Å². The number of likely N-dealkylation sites (tertiary alicyclic amines) is 1. The average molecular weight is 450 g/mol. The first-order valence-electron chi connectivity index (χ1n) is 12.0. The van der Waals surface area contributed by atoms with Crippen LogP contribution in [-0.2, 0) is 4.74 Å². The van der Waals surface area contributed by atoms with Crippen LogP contribution in [0.5, 0.6) is 0 Å². The molecule has 5 rings (SSSR count). The Hall–Kier alpha value is -3.16. The second-order valence-corrected chi connectivity index (χ2v) is 9.43. The highest BCUT2D eigenvalue weighted by Crippen LogP contribution is 2.40. The molecule has 3 fully saturated rings. The second kappa shape index (κ2) is 9.37. The van der Waals surface area contributed by atoms with Gasteiger partial charge in [0.1, 0.15) is 17.2 Å². The lowest BCUT2D eigenvalue weighted by Gasteiger charge is -2.35. The number of ether oxygens (including phenoxy) is 1. The molecule has 2 aliphatic heterocycles. The maximum atomic E-state index is 12.6. The van der Waals surface area contributed by atoms with E-state index in [1.54, 1.807) is 17.3 Å². The quantitative estimate of drug-likeness (QED) is 0.739. The Balaban J connectivity index is 1.10. The Morgan fingerprint density at radius 1 is 1.09 bits per heavy atom. The Labute approximate surface area is 194 Å².